The van der Waals surface area contributed by atoms with Gasteiger partial charge in [0.25, 0.3) is 5.91 Å². The van der Waals surface area contributed by atoms with E-state index < -0.39 is 0 Å². The fourth-order valence-corrected chi connectivity index (χ4v) is 4.79. The van der Waals surface area contributed by atoms with Gasteiger partial charge in [0.1, 0.15) is 11.5 Å². The highest BCUT2D eigenvalue weighted by molar-refractivity contribution is 5.98. The van der Waals surface area contributed by atoms with Gasteiger partial charge in [-0.25, -0.2) is 4.98 Å². The van der Waals surface area contributed by atoms with Crippen molar-refractivity contribution in [2.24, 2.45) is 7.05 Å². The summed E-state index contributed by atoms with van der Waals surface area (Å²) in [6, 6.07) is 10.6. The van der Waals surface area contributed by atoms with Gasteiger partial charge in [-0.2, -0.15) is 4.98 Å². The molecule has 34 heavy (non-hydrogen) atoms. The van der Waals surface area contributed by atoms with Gasteiger partial charge < -0.3 is 24.6 Å². The average Bonchev–Trinajstić information content (AvgIpc) is 3.34. The number of rotatable bonds is 5. The Morgan fingerprint density at radius 1 is 1.12 bits per heavy atom. The number of nitrogens with zero attached hydrogens (tertiary/aromatic N) is 6. The molecule has 1 fully saturated rings. The summed E-state index contributed by atoms with van der Waals surface area (Å²) in [6.07, 6.45) is 0. The summed E-state index contributed by atoms with van der Waals surface area (Å²) >= 11 is 0. The van der Waals surface area contributed by atoms with Gasteiger partial charge in [-0.05, 0) is 31.4 Å². The normalized spacial score (nSPS) is 16.0. The first-order valence-corrected chi connectivity index (χ1v) is 11.8. The molecule has 1 N–H and O–H groups in total. The highest BCUT2D eigenvalue weighted by atomic mass is 16.2. The molecule has 3 aromatic rings. The summed E-state index contributed by atoms with van der Waals surface area (Å²) in [5, 5.41) is 4.70. The number of hydrogen-bond acceptors (Lipinski definition) is 6. The molecular weight excluding hydrogens is 430 g/mol. The Hall–Kier alpha value is -3.62. The molecule has 0 bridgehead atoms. The first kappa shape index (κ1) is 22.2. The van der Waals surface area contributed by atoms with Crippen molar-refractivity contribution < 1.29 is 9.59 Å². The molecule has 0 unspecified atom stereocenters. The lowest BCUT2D eigenvalue weighted by Crippen LogP contribution is -2.48. The second-order valence-electron chi connectivity index (χ2n) is 9.33. The molecule has 9 heteroatoms. The molecule has 2 amide bonds. The van der Waals surface area contributed by atoms with Crippen LogP contribution in [0.4, 0.5) is 11.8 Å². The number of piperazine rings is 1. The Labute approximate surface area is 199 Å². The maximum atomic E-state index is 13.1. The average molecular weight is 462 g/mol. The second kappa shape index (κ2) is 8.62. The Kier molecular flexibility index (Phi) is 5.63. The number of carbonyl (C=O) groups is 2. The number of hydrogen-bond donors (Lipinski definition) is 1. The van der Waals surface area contributed by atoms with Crippen molar-refractivity contribution in [2.75, 3.05) is 36.4 Å². The van der Waals surface area contributed by atoms with E-state index in [0.29, 0.717) is 56.7 Å². The lowest BCUT2D eigenvalue weighted by molar-refractivity contribution is -0.129. The molecule has 0 aliphatic carbocycles. The molecule has 9 nitrogen and oxygen atoms in total. The van der Waals surface area contributed by atoms with Gasteiger partial charge in [0.15, 0.2) is 0 Å². The van der Waals surface area contributed by atoms with Crippen molar-refractivity contribution >= 4 is 34.5 Å². The number of nitrogens with one attached hydrogen (secondary N) is 1. The zero-order valence-electron chi connectivity index (χ0n) is 20.2. The maximum absolute atomic E-state index is 13.1. The van der Waals surface area contributed by atoms with E-state index in [1.807, 2.05) is 35.8 Å². The van der Waals surface area contributed by atoms with Gasteiger partial charge in [-0.1, -0.05) is 18.2 Å². The van der Waals surface area contributed by atoms with Crippen molar-refractivity contribution in [3.05, 3.63) is 47.3 Å². The van der Waals surface area contributed by atoms with Gasteiger partial charge in [-0.3, -0.25) is 9.59 Å². The zero-order valence-corrected chi connectivity index (χ0v) is 20.2. The summed E-state index contributed by atoms with van der Waals surface area (Å²) in [5.41, 5.74) is 3.64. The first-order valence-electron chi connectivity index (χ1n) is 11.8. The van der Waals surface area contributed by atoms with Crippen LogP contribution in [0.25, 0.3) is 10.9 Å². The number of aromatic nitrogens is 3. The Balaban J connectivity index is 1.46. The molecular formula is C25H31N7O2. The topological polar surface area (TPSA) is 86.6 Å². The lowest BCUT2D eigenvalue weighted by Gasteiger charge is -2.34. The number of carbonyl (C=O) groups excluding carboxylic acids is 2. The Morgan fingerprint density at radius 2 is 1.85 bits per heavy atom. The van der Waals surface area contributed by atoms with Crippen molar-refractivity contribution in [2.45, 2.75) is 39.9 Å². The predicted octanol–water partition coefficient (Wildman–Crippen LogP) is 2.61. The fraction of sp³-hybridized carbons (Fsp3) is 0.440. The predicted molar refractivity (Wildman–Crippen MR) is 132 cm³/mol. The van der Waals surface area contributed by atoms with Crippen LogP contribution in [0.2, 0.25) is 0 Å². The van der Waals surface area contributed by atoms with Crippen LogP contribution < -0.4 is 10.2 Å². The molecule has 0 saturated carbocycles. The minimum atomic E-state index is -0.0522. The van der Waals surface area contributed by atoms with Crippen LogP contribution in [0, 0.1) is 0 Å². The molecule has 0 radical (unpaired) electrons. The molecule has 2 aromatic heterocycles. The molecule has 178 valence electrons. The van der Waals surface area contributed by atoms with E-state index in [0.717, 1.165) is 11.3 Å². The van der Waals surface area contributed by atoms with Crippen molar-refractivity contribution in [1.82, 2.24) is 24.3 Å². The summed E-state index contributed by atoms with van der Waals surface area (Å²) in [5.74, 6) is 1.27. The quantitative estimate of drug-likeness (QED) is 0.629. The van der Waals surface area contributed by atoms with Crippen molar-refractivity contribution in [3.8, 4) is 0 Å². The fourth-order valence-electron chi connectivity index (χ4n) is 4.79. The van der Waals surface area contributed by atoms with Gasteiger partial charge in [0.05, 0.1) is 13.1 Å². The van der Waals surface area contributed by atoms with Crippen LogP contribution in [0.5, 0.6) is 0 Å². The third kappa shape index (κ3) is 3.85. The Bertz CT molecular complexity index is 1260. The molecule has 4 heterocycles. The molecule has 2 aliphatic heterocycles. The summed E-state index contributed by atoms with van der Waals surface area (Å²) in [7, 11) is 2.06. The van der Waals surface area contributed by atoms with Crippen LogP contribution in [-0.4, -0.2) is 68.4 Å². The van der Waals surface area contributed by atoms with E-state index >= 15 is 0 Å². The second-order valence-corrected chi connectivity index (χ2v) is 9.33. The minimum absolute atomic E-state index is 0.0522. The number of anilines is 2. The molecule has 1 saturated heterocycles. The summed E-state index contributed by atoms with van der Waals surface area (Å²) in [6.45, 7) is 9.25. The number of fused-ring (bicyclic) bond motifs is 2. The largest absolute Gasteiger partial charge is 0.364 e. The standard InChI is InChI=1S/C25H31N7O2/c1-16(2)32-15-20-22(24(32)34)27-25(31-11-9-30(10-12-31)17(3)33)28-23(20)26-14-19-13-18-7-5-6-8-21(18)29(19)4/h5-8,13,16H,9-12,14-15H2,1-4H3,(H,26,27,28). The third-order valence-electron chi connectivity index (χ3n) is 6.91. The molecule has 0 spiro atoms. The van der Waals surface area contributed by atoms with Crippen LogP contribution in [0.15, 0.2) is 30.3 Å². The zero-order chi connectivity index (χ0) is 24.0. The number of para-hydroxylation sites is 1. The monoisotopic (exact) mass is 461 g/mol. The van der Waals surface area contributed by atoms with E-state index in [1.165, 1.54) is 10.9 Å². The Morgan fingerprint density at radius 3 is 2.53 bits per heavy atom. The highest BCUT2D eigenvalue weighted by Gasteiger charge is 2.35. The molecule has 0 atom stereocenters. The van der Waals surface area contributed by atoms with Crippen LogP contribution in [0.3, 0.4) is 0 Å². The van der Waals surface area contributed by atoms with Crippen molar-refractivity contribution in [3.63, 3.8) is 0 Å². The van der Waals surface area contributed by atoms with Crippen LogP contribution in [-0.2, 0) is 24.9 Å². The van der Waals surface area contributed by atoms with Crippen LogP contribution >= 0.6 is 0 Å². The van der Waals surface area contributed by atoms with Crippen LogP contribution in [0.1, 0.15) is 42.5 Å². The third-order valence-corrected chi connectivity index (χ3v) is 6.91. The smallest absolute Gasteiger partial charge is 0.273 e. The van der Waals surface area contributed by atoms with Crippen molar-refractivity contribution in [1.29, 1.82) is 0 Å². The number of aryl methyl sites for hydroxylation is 1. The molecule has 2 aliphatic rings. The van der Waals surface area contributed by atoms with E-state index in [-0.39, 0.29) is 17.9 Å². The summed E-state index contributed by atoms with van der Waals surface area (Å²) < 4.78 is 2.18. The molecule has 1 aromatic carbocycles. The number of amides is 2. The first-order chi connectivity index (χ1) is 16.3. The van der Waals surface area contributed by atoms with Gasteiger partial charge in [0, 0.05) is 63.0 Å². The van der Waals surface area contributed by atoms with E-state index in [4.69, 9.17) is 9.97 Å². The van der Waals surface area contributed by atoms with Gasteiger partial charge in [-0.15, -0.1) is 0 Å². The summed E-state index contributed by atoms with van der Waals surface area (Å²) in [4.78, 5) is 40.2. The number of benzene rings is 1. The minimum Gasteiger partial charge on any atom is -0.364 e. The maximum Gasteiger partial charge on any atom is 0.273 e. The SMILES string of the molecule is CC(=O)N1CCN(c2nc(NCc3cc4ccccc4n3C)c3c(n2)C(=O)N(C(C)C)C3)CC1. The van der Waals surface area contributed by atoms with E-state index in [1.54, 1.807) is 6.92 Å². The highest BCUT2D eigenvalue weighted by Crippen LogP contribution is 2.31. The van der Waals surface area contributed by atoms with Gasteiger partial charge >= 0.3 is 0 Å². The van der Waals surface area contributed by atoms with E-state index in [2.05, 4.69) is 40.0 Å². The van der Waals surface area contributed by atoms with Gasteiger partial charge in [0.2, 0.25) is 11.9 Å². The molecule has 5 rings (SSSR count). The lowest BCUT2D eigenvalue weighted by atomic mass is 10.2. The van der Waals surface area contributed by atoms with E-state index in [9.17, 15) is 9.59 Å².